The average molecular weight is 245 g/mol. The molecule has 0 aliphatic heterocycles. The first-order valence-electron chi connectivity index (χ1n) is 5.94. The molecule has 0 saturated heterocycles. The summed E-state index contributed by atoms with van der Waals surface area (Å²) < 4.78 is 5.10. The molecule has 1 aromatic heterocycles. The van der Waals surface area contributed by atoms with Gasteiger partial charge >= 0.3 is 0 Å². The molecule has 18 heavy (non-hydrogen) atoms. The fourth-order valence-electron chi connectivity index (χ4n) is 2.26. The first kappa shape index (κ1) is 12.4. The molecule has 1 aliphatic rings. The fourth-order valence-corrected chi connectivity index (χ4v) is 2.26. The van der Waals surface area contributed by atoms with E-state index in [1.54, 1.807) is 12.3 Å². The van der Waals surface area contributed by atoms with Gasteiger partial charge in [0.25, 0.3) is 5.91 Å². The summed E-state index contributed by atoms with van der Waals surface area (Å²) in [4.78, 5) is 16.0. The van der Waals surface area contributed by atoms with E-state index < -0.39 is 0 Å². The van der Waals surface area contributed by atoms with Crippen molar-refractivity contribution in [1.82, 2.24) is 10.3 Å². The van der Waals surface area contributed by atoms with Crippen molar-refractivity contribution in [2.45, 2.75) is 25.3 Å². The van der Waals surface area contributed by atoms with Gasteiger partial charge in [-0.1, -0.05) is 0 Å². The van der Waals surface area contributed by atoms with E-state index in [0.717, 1.165) is 19.3 Å². The summed E-state index contributed by atoms with van der Waals surface area (Å²) in [5, 5.41) is 11.9. The van der Waals surface area contributed by atoms with Crippen LogP contribution < -0.4 is 10.1 Å². The Bertz CT molecular complexity index is 481. The molecule has 5 nitrogen and oxygen atoms in total. The topological polar surface area (TPSA) is 75.0 Å². The van der Waals surface area contributed by atoms with Gasteiger partial charge in [-0.05, 0) is 25.3 Å². The predicted octanol–water partition coefficient (Wildman–Crippen LogP) is 1.51. The molecule has 5 heteroatoms. The lowest BCUT2D eigenvalue weighted by Gasteiger charge is -2.16. The molecule has 1 heterocycles. The number of hydrogen-bond donors (Lipinski definition) is 1. The minimum atomic E-state index is -0.207. The van der Waals surface area contributed by atoms with Gasteiger partial charge in [-0.15, -0.1) is 0 Å². The van der Waals surface area contributed by atoms with Gasteiger partial charge in [-0.3, -0.25) is 9.78 Å². The lowest BCUT2D eigenvalue weighted by molar-refractivity contribution is 0.0929. The quantitative estimate of drug-likeness (QED) is 0.875. The number of amides is 1. The molecule has 94 valence electrons. The predicted molar refractivity (Wildman–Crippen MR) is 65.0 cm³/mol. The van der Waals surface area contributed by atoms with Crippen LogP contribution in [0.25, 0.3) is 0 Å². The van der Waals surface area contributed by atoms with Gasteiger partial charge in [-0.2, -0.15) is 5.26 Å². The Morgan fingerprint density at radius 1 is 1.61 bits per heavy atom. The molecule has 2 atom stereocenters. The van der Waals surface area contributed by atoms with E-state index in [0.29, 0.717) is 11.3 Å². The van der Waals surface area contributed by atoms with Crippen molar-refractivity contribution in [1.29, 1.82) is 5.26 Å². The van der Waals surface area contributed by atoms with Crippen molar-refractivity contribution in [3.8, 4) is 11.8 Å². The van der Waals surface area contributed by atoms with E-state index in [1.165, 1.54) is 13.3 Å². The minimum Gasteiger partial charge on any atom is -0.494 e. The number of rotatable bonds is 3. The standard InChI is InChI=1S/C13H15N3O2/c1-18-12-8-15-6-5-10(12)13(17)16-11-4-2-3-9(11)7-14/h5-6,8-9,11H,2-4H2,1H3,(H,16,17). The van der Waals surface area contributed by atoms with E-state index in [2.05, 4.69) is 16.4 Å². The van der Waals surface area contributed by atoms with E-state index in [9.17, 15) is 4.79 Å². The monoisotopic (exact) mass is 245 g/mol. The number of hydrogen-bond acceptors (Lipinski definition) is 4. The van der Waals surface area contributed by atoms with Crippen LogP contribution in [0, 0.1) is 17.2 Å². The average Bonchev–Trinajstić information content (AvgIpc) is 2.85. The Morgan fingerprint density at radius 3 is 3.17 bits per heavy atom. The van der Waals surface area contributed by atoms with Gasteiger partial charge in [0.15, 0.2) is 0 Å². The normalized spacial score (nSPS) is 22.2. The number of carbonyl (C=O) groups excluding carboxylic acids is 1. The molecular weight excluding hydrogens is 230 g/mol. The van der Waals surface area contributed by atoms with Gasteiger partial charge in [0.2, 0.25) is 0 Å². The zero-order valence-corrected chi connectivity index (χ0v) is 10.2. The molecule has 0 spiro atoms. The van der Waals surface area contributed by atoms with Crippen molar-refractivity contribution >= 4 is 5.91 Å². The summed E-state index contributed by atoms with van der Waals surface area (Å²) in [6, 6.07) is 3.80. The highest BCUT2D eigenvalue weighted by molar-refractivity contribution is 5.96. The highest BCUT2D eigenvalue weighted by atomic mass is 16.5. The van der Waals surface area contributed by atoms with E-state index >= 15 is 0 Å². The molecule has 2 rings (SSSR count). The van der Waals surface area contributed by atoms with Crippen LogP contribution in [0.1, 0.15) is 29.6 Å². The number of nitriles is 1. The number of ether oxygens (including phenoxy) is 1. The number of nitrogens with zero attached hydrogens (tertiary/aromatic N) is 2. The van der Waals surface area contributed by atoms with Crippen molar-refractivity contribution in [2.24, 2.45) is 5.92 Å². The van der Waals surface area contributed by atoms with Gasteiger partial charge in [0.1, 0.15) is 5.75 Å². The third-order valence-corrected chi connectivity index (χ3v) is 3.25. The van der Waals surface area contributed by atoms with Crippen LogP contribution in [0.15, 0.2) is 18.5 Å². The number of aromatic nitrogens is 1. The molecule has 1 saturated carbocycles. The van der Waals surface area contributed by atoms with Crippen LogP contribution in [0.5, 0.6) is 5.75 Å². The Balaban J connectivity index is 2.10. The molecule has 1 fully saturated rings. The lowest BCUT2D eigenvalue weighted by Crippen LogP contribution is -2.37. The first-order valence-corrected chi connectivity index (χ1v) is 5.94. The van der Waals surface area contributed by atoms with E-state index in [-0.39, 0.29) is 17.9 Å². The zero-order valence-electron chi connectivity index (χ0n) is 10.2. The number of pyridine rings is 1. The second kappa shape index (κ2) is 5.50. The Labute approximate surface area is 106 Å². The maximum Gasteiger partial charge on any atom is 0.255 e. The highest BCUT2D eigenvalue weighted by Gasteiger charge is 2.29. The second-order valence-corrected chi connectivity index (χ2v) is 4.32. The van der Waals surface area contributed by atoms with Crippen LogP contribution in [-0.4, -0.2) is 24.0 Å². The largest absolute Gasteiger partial charge is 0.494 e. The summed E-state index contributed by atoms with van der Waals surface area (Å²) in [6.07, 6.45) is 5.75. The van der Waals surface area contributed by atoms with Gasteiger partial charge in [0.05, 0.1) is 30.9 Å². The number of methoxy groups -OCH3 is 1. The molecule has 1 N–H and O–H groups in total. The Kier molecular flexibility index (Phi) is 3.78. The second-order valence-electron chi connectivity index (χ2n) is 4.32. The molecule has 0 radical (unpaired) electrons. The highest BCUT2D eigenvalue weighted by Crippen LogP contribution is 2.25. The maximum atomic E-state index is 12.1. The van der Waals surface area contributed by atoms with Crippen LogP contribution >= 0.6 is 0 Å². The minimum absolute atomic E-state index is 0.0552. The molecule has 0 bridgehead atoms. The maximum absolute atomic E-state index is 12.1. The Hall–Kier alpha value is -2.09. The van der Waals surface area contributed by atoms with Crippen molar-refractivity contribution in [2.75, 3.05) is 7.11 Å². The van der Waals surface area contributed by atoms with E-state index in [4.69, 9.17) is 10.00 Å². The third kappa shape index (κ3) is 2.43. The van der Waals surface area contributed by atoms with Gasteiger partial charge < -0.3 is 10.1 Å². The van der Waals surface area contributed by atoms with Crippen molar-refractivity contribution < 1.29 is 9.53 Å². The van der Waals surface area contributed by atoms with Crippen LogP contribution in [0.2, 0.25) is 0 Å². The fraction of sp³-hybridized carbons (Fsp3) is 0.462. The van der Waals surface area contributed by atoms with Gasteiger partial charge in [-0.25, -0.2) is 0 Å². The smallest absolute Gasteiger partial charge is 0.255 e. The molecule has 1 amide bonds. The molecular formula is C13H15N3O2. The van der Waals surface area contributed by atoms with E-state index in [1.807, 2.05) is 0 Å². The SMILES string of the molecule is COc1cnccc1C(=O)NC1CCCC1C#N. The zero-order chi connectivity index (χ0) is 13.0. The summed E-state index contributed by atoms with van der Waals surface area (Å²) >= 11 is 0. The number of carbonyl (C=O) groups is 1. The summed E-state index contributed by atoms with van der Waals surface area (Å²) in [5.74, 6) is 0.157. The molecule has 1 aromatic rings. The molecule has 1 aliphatic carbocycles. The Morgan fingerprint density at radius 2 is 2.44 bits per heavy atom. The van der Waals surface area contributed by atoms with Crippen molar-refractivity contribution in [3.05, 3.63) is 24.0 Å². The third-order valence-electron chi connectivity index (χ3n) is 3.25. The van der Waals surface area contributed by atoms with Crippen LogP contribution in [0.4, 0.5) is 0 Å². The van der Waals surface area contributed by atoms with Crippen LogP contribution in [0.3, 0.4) is 0 Å². The first-order chi connectivity index (χ1) is 8.76. The number of nitrogens with one attached hydrogen (secondary N) is 1. The molecule has 0 aromatic carbocycles. The molecule has 2 unspecified atom stereocenters. The summed E-state index contributed by atoms with van der Waals surface area (Å²) in [6.45, 7) is 0. The lowest BCUT2D eigenvalue weighted by atomic mass is 10.1. The van der Waals surface area contributed by atoms with Crippen LogP contribution in [-0.2, 0) is 0 Å². The summed E-state index contributed by atoms with van der Waals surface area (Å²) in [7, 11) is 1.50. The summed E-state index contributed by atoms with van der Waals surface area (Å²) in [5.41, 5.74) is 0.455. The van der Waals surface area contributed by atoms with Crippen molar-refractivity contribution in [3.63, 3.8) is 0 Å². The van der Waals surface area contributed by atoms with Gasteiger partial charge in [0, 0.05) is 12.2 Å².